The van der Waals surface area contributed by atoms with Gasteiger partial charge in [0.05, 0.1) is 0 Å². The van der Waals surface area contributed by atoms with Crippen LogP contribution in [0.5, 0.6) is 0 Å². The van der Waals surface area contributed by atoms with Crippen molar-refractivity contribution in [1.82, 2.24) is 5.32 Å². The van der Waals surface area contributed by atoms with Crippen LogP contribution in [-0.2, 0) is 0 Å². The molecule has 0 aromatic heterocycles. The zero-order valence-electron chi connectivity index (χ0n) is 11.1. The van der Waals surface area contributed by atoms with Crippen molar-refractivity contribution in [2.24, 2.45) is 10.4 Å². The second kappa shape index (κ2) is 6.37. The first-order valence-electron chi connectivity index (χ1n) is 6.97. The Labute approximate surface area is 116 Å². The summed E-state index contributed by atoms with van der Waals surface area (Å²) < 4.78 is 35.9. The maximum Gasteiger partial charge on any atom is 0.389 e. The molecule has 0 atom stereocenters. The molecule has 0 saturated heterocycles. The van der Waals surface area contributed by atoms with Gasteiger partial charge in [0.25, 0.3) is 0 Å². The number of unbranched alkanes of at least 4 members (excludes halogenated alkanes) is 1. The van der Waals surface area contributed by atoms with Gasteiger partial charge in [-0.1, -0.05) is 24.6 Å². The Balaban J connectivity index is 1.61. The number of rotatable bonds is 4. The quantitative estimate of drug-likeness (QED) is 0.793. The summed E-state index contributed by atoms with van der Waals surface area (Å²) in [6.45, 7) is 1.49. The number of thioether (sulfide) groups is 1. The topological polar surface area (TPSA) is 24.4 Å². The fourth-order valence-electron chi connectivity index (χ4n) is 2.73. The van der Waals surface area contributed by atoms with Crippen LogP contribution in [0.25, 0.3) is 0 Å². The predicted molar refractivity (Wildman–Crippen MR) is 73.6 cm³/mol. The van der Waals surface area contributed by atoms with Crippen LogP contribution in [0, 0.1) is 5.41 Å². The zero-order valence-corrected chi connectivity index (χ0v) is 11.9. The first-order valence-corrected chi connectivity index (χ1v) is 7.96. The van der Waals surface area contributed by atoms with E-state index in [0.29, 0.717) is 18.4 Å². The number of hydrogen-bond acceptors (Lipinski definition) is 3. The SMILES string of the molecule is FC(F)(F)CCCCNC1=NCC2(CCCC2)CS1. The average molecular weight is 294 g/mol. The summed E-state index contributed by atoms with van der Waals surface area (Å²) in [5.74, 6) is 1.11. The lowest BCUT2D eigenvalue weighted by atomic mass is 9.89. The standard InChI is InChI=1S/C13H21F3N2S/c14-13(15,16)7-3-4-8-17-11-18-9-12(10-19-11)5-1-2-6-12/h1-10H2,(H,17,18). The van der Waals surface area contributed by atoms with Crippen molar-refractivity contribution in [3.63, 3.8) is 0 Å². The van der Waals surface area contributed by atoms with Crippen LogP contribution in [0.1, 0.15) is 44.9 Å². The van der Waals surface area contributed by atoms with Gasteiger partial charge in [0, 0.05) is 25.3 Å². The number of hydrogen-bond donors (Lipinski definition) is 1. The fraction of sp³-hybridized carbons (Fsp3) is 0.923. The fourth-order valence-corrected chi connectivity index (χ4v) is 3.92. The highest BCUT2D eigenvalue weighted by molar-refractivity contribution is 8.13. The second-order valence-corrected chi connectivity index (χ2v) is 6.58. The van der Waals surface area contributed by atoms with Crippen LogP contribution in [0.4, 0.5) is 13.2 Å². The normalized spacial score (nSPS) is 22.6. The third-order valence-corrected chi connectivity index (χ3v) is 5.20. The molecule has 110 valence electrons. The second-order valence-electron chi connectivity index (χ2n) is 5.62. The molecule has 2 nitrogen and oxygen atoms in total. The summed E-state index contributed by atoms with van der Waals surface area (Å²) in [6, 6.07) is 0. The smallest absolute Gasteiger partial charge is 0.365 e. The van der Waals surface area contributed by atoms with E-state index in [0.717, 1.165) is 17.5 Å². The highest BCUT2D eigenvalue weighted by atomic mass is 32.2. The Morgan fingerprint density at radius 3 is 2.53 bits per heavy atom. The summed E-state index contributed by atoms with van der Waals surface area (Å²) in [5, 5.41) is 4.08. The number of amidine groups is 1. The largest absolute Gasteiger partial charge is 0.389 e. The Bertz CT molecular complexity index is 322. The molecule has 2 rings (SSSR count). The van der Waals surface area contributed by atoms with E-state index < -0.39 is 12.6 Å². The van der Waals surface area contributed by atoms with Crippen molar-refractivity contribution in [1.29, 1.82) is 0 Å². The van der Waals surface area contributed by atoms with E-state index >= 15 is 0 Å². The van der Waals surface area contributed by atoms with Gasteiger partial charge in [-0.3, -0.25) is 4.99 Å². The van der Waals surface area contributed by atoms with Gasteiger partial charge in [-0.15, -0.1) is 0 Å². The van der Waals surface area contributed by atoms with Gasteiger partial charge in [0.2, 0.25) is 0 Å². The van der Waals surface area contributed by atoms with E-state index in [2.05, 4.69) is 10.3 Å². The van der Waals surface area contributed by atoms with Crippen molar-refractivity contribution in [2.75, 3.05) is 18.8 Å². The maximum absolute atomic E-state index is 12.0. The van der Waals surface area contributed by atoms with Gasteiger partial charge in [-0.2, -0.15) is 13.2 Å². The van der Waals surface area contributed by atoms with E-state index in [1.807, 2.05) is 0 Å². The molecule has 0 unspecified atom stereocenters. The number of nitrogens with zero attached hydrogens (tertiary/aromatic N) is 1. The molecule has 1 N–H and O–H groups in total. The molecular formula is C13H21F3N2S. The molecule has 0 radical (unpaired) electrons. The summed E-state index contributed by atoms with van der Waals surface area (Å²) in [5.41, 5.74) is 0.423. The molecule has 1 spiro atoms. The van der Waals surface area contributed by atoms with Gasteiger partial charge < -0.3 is 5.32 Å². The van der Waals surface area contributed by atoms with Crippen LogP contribution in [-0.4, -0.2) is 30.2 Å². The predicted octanol–water partition coefficient (Wildman–Crippen LogP) is 3.97. The molecule has 1 saturated carbocycles. The molecule has 0 bridgehead atoms. The van der Waals surface area contributed by atoms with Gasteiger partial charge in [0.15, 0.2) is 5.17 Å². The van der Waals surface area contributed by atoms with Crippen molar-refractivity contribution in [3.8, 4) is 0 Å². The third-order valence-electron chi connectivity index (χ3n) is 3.90. The minimum atomic E-state index is -4.02. The summed E-state index contributed by atoms with van der Waals surface area (Å²) in [6.07, 6.45) is 1.23. The molecule has 1 aliphatic carbocycles. The number of alkyl halides is 3. The van der Waals surface area contributed by atoms with Crippen molar-refractivity contribution >= 4 is 16.9 Å². The van der Waals surface area contributed by atoms with Crippen molar-refractivity contribution in [3.05, 3.63) is 0 Å². The van der Waals surface area contributed by atoms with Gasteiger partial charge in [0.1, 0.15) is 0 Å². The van der Waals surface area contributed by atoms with Crippen LogP contribution in [0.15, 0.2) is 4.99 Å². The summed E-state index contributed by atoms with van der Waals surface area (Å²) in [7, 11) is 0. The van der Waals surface area contributed by atoms with Crippen LogP contribution >= 0.6 is 11.8 Å². The maximum atomic E-state index is 12.0. The number of nitrogens with one attached hydrogen (secondary N) is 1. The lowest BCUT2D eigenvalue weighted by Crippen LogP contribution is -2.33. The molecular weight excluding hydrogens is 273 g/mol. The summed E-state index contributed by atoms with van der Waals surface area (Å²) in [4.78, 5) is 4.56. The molecule has 0 aromatic rings. The van der Waals surface area contributed by atoms with Crippen molar-refractivity contribution < 1.29 is 13.2 Å². The van der Waals surface area contributed by atoms with Gasteiger partial charge in [-0.05, 0) is 31.1 Å². The molecule has 6 heteroatoms. The molecule has 0 amide bonds. The van der Waals surface area contributed by atoms with Crippen molar-refractivity contribution in [2.45, 2.75) is 51.1 Å². The van der Waals surface area contributed by atoms with Crippen LogP contribution in [0.2, 0.25) is 0 Å². The van der Waals surface area contributed by atoms with E-state index in [4.69, 9.17) is 0 Å². The molecule has 0 aromatic carbocycles. The summed E-state index contributed by atoms with van der Waals surface area (Å²) >= 11 is 1.74. The van der Waals surface area contributed by atoms with E-state index in [1.165, 1.54) is 25.7 Å². The van der Waals surface area contributed by atoms with E-state index in [9.17, 15) is 13.2 Å². The first-order chi connectivity index (χ1) is 8.99. The van der Waals surface area contributed by atoms with Gasteiger partial charge in [-0.25, -0.2) is 0 Å². The van der Waals surface area contributed by atoms with E-state index in [1.54, 1.807) is 11.8 Å². The molecule has 2 aliphatic rings. The van der Waals surface area contributed by atoms with Gasteiger partial charge >= 0.3 is 6.18 Å². The van der Waals surface area contributed by atoms with Crippen LogP contribution < -0.4 is 5.32 Å². The molecule has 1 fully saturated rings. The van der Waals surface area contributed by atoms with Crippen LogP contribution in [0.3, 0.4) is 0 Å². The Morgan fingerprint density at radius 1 is 1.21 bits per heavy atom. The first kappa shape index (κ1) is 15.0. The third kappa shape index (κ3) is 4.89. The Hall–Kier alpha value is -0.390. The highest BCUT2D eigenvalue weighted by Gasteiger charge is 2.36. The Morgan fingerprint density at radius 2 is 1.95 bits per heavy atom. The van der Waals surface area contributed by atoms with E-state index in [-0.39, 0.29) is 6.42 Å². The zero-order chi connectivity index (χ0) is 13.8. The minimum absolute atomic E-state index is 0.193. The Kier molecular flexibility index (Phi) is 5.03. The monoisotopic (exact) mass is 294 g/mol. The average Bonchev–Trinajstić information content (AvgIpc) is 2.79. The highest BCUT2D eigenvalue weighted by Crippen LogP contribution is 2.43. The molecule has 19 heavy (non-hydrogen) atoms. The molecule has 1 heterocycles. The molecule has 1 aliphatic heterocycles. The minimum Gasteiger partial charge on any atom is -0.365 e. The number of halogens is 3. The lowest BCUT2D eigenvalue weighted by molar-refractivity contribution is -0.135. The number of aliphatic imine (C=N–C) groups is 1. The lowest BCUT2D eigenvalue weighted by Gasteiger charge is -2.31.